The summed E-state index contributed by atoms with van der Waals surface area (Å²) in [5.41, 5.74) is 13.7. The van der Waals surface area contributed by atoms with E-state index in [1.807, 2.05) is 24.3 Å². The Labute approximate surface area is 242 Å². The molecule has 2 radical (unpaired) electrons. The molecule has 200 valence electrons. The molecule has 40 heavy (non-hydrogen) atoms. The second kappa shape index (κ2) is 13.4. The third kappa shape index (κ3) is 5.49. The third-order valence-corrected chi connectivity index (χ3v) is 8.24. The van der Waals surface area contributed by atoms with Gasteiger partial charge in [0.2, 0.25) is 0 Å². The zero-order valence-electron chi connectivity index (χ0n) is 24.1. The molecular formula is C38H40BN. The SMILES string of the molecule is CCc1cccc(N)c1CC.[B]C(c1ccccc1)(c1ccccc1)C(CC)(c1ccccc1)c1ccccc1. The number of nitrogen functional groups attached to an aromatic ring is 1. The van der Waals surface area contributed by atoms with Crippen molar-refractivity contribution >= 4 is 13.5 Å². The van der Waals surface area contributed by atoms with Gasteiger partial charge in [-0.2, -0.15) is 0 Å². The normalized spacial score (nSPS) is 11.4. The predicted molar refractivity (Wildman–Crippen MR) is 173 cm³/mol. The average molecular weight is 522 g/mol. The summed E-state index contributed by atoms with van der Waals surface area (Å²) in [5.74, 6) is 0. The maximum atomic E-state index is 7.59. The van der Waals surface area contributed by atoms with Crippen molar-refractivity contribution < 1.29 is 0 Å². The molecule has 0 heterocycles. The van der Waals surface area contributed by atoms with Gasteiger partial charge in [-0.3, -0.25) is 0 Å². The van der Waals surface area contributed by atoms with Crippen LogP contribution in [0, 0.1) is 0 Å². The predicted octanol–water partition coefficient (Wildman–Crippen LogP) is 8.89. The van der Waals surface area contributed by atoms with Crippen LogP contribution in [0.2, 0.25) is 0 Å². The fourth-order valence-electron chi connectivity index (χ4n) is 6.23. The van der Waals surface area contributed by atoms with E-state index >= 15 is 0 Å². The van der Waals surface area contributed by atoms with Gasteiger partial charge in [-0.25, -0.2) is 0 Å². The highest BCUT2D eigenvalue weighted by atomic mass is 14.6. The Bertz CT molecular complexity index is 1370. The quantitative estimate of drug-likeness (QED) is 0.160. The molecule has 1 nitrogen and oxygen atoms in total. The number of benzene rings is 5. The van der Waals surface area contributed by atoms with Crippen molar-refractivity contribution in [2.75, 3.05) is 5.73 Å². The Balaban J connectivity index is 0.000000283. The van der Waals surface area contributed by atoms with E-state index in [0.717, 1.165) is 36.1 Å². The van der Waals surface area contributed by atoms with E-state index in [2.05, 4.69) is 136 Å². The molecule has 0 bridgehead atoms. The summed E-state index contributed by atoms with van der Waals surface area (Å²) in [5, 5.41) is -0.743. The maximum absolute atomic E-state index is 7.59. The molecule has 0 aliphatic carbocycles. The molecule has 5 aromatic carbocycles. The molecule has 2 N–H and O–H groups in total. The zero-order valence-corrected chi connectivity index (χ0v) is 24.1. The summed E-state index contributed by atoms with van der Waals surface area (Å²) in [7, 11) is 7.59. The lowest BCUT2D eigenvalue weighted by Crippen LogP contribution is -2.51. The minimum atomic E-state index is -0.743. The average Bonchev–Trinajstić information content (AvgIpc) is 3.03. The molecule has 0 atom stereocenters. The topological polar surface area (TPSA) is 26.0 Å². The maximum Gasteiger partial charge on any atom is 0.0892 e. The summed E-state index contributed by atoms with van der Waals surface area (Å²) in [4.78, 5) is 0. The highest BCUT2D eigenvalue weighted by Crippen LogP contribution is 2.53. The fraction of sp³-hybridized carbons (Fsp3) is 0.211. The Hall–Kier alpha value is -4.04. The van der Waals surface area contributed by atoms with Gasteiger partial charge in [-0.1, -0.05) is 154 Å². The van der Waals surface area contributed by atoms with E-state index in [1.54, 1.807) is 0 Å². The van der Waals surface area contributed by atoms with Gasteiger partial charge >= 0.3 is 0 Å². The van der Waals surface area contributed by atoms with Crippen LogP contribution in [0.1, 0.15) is 60.6 Å². The van der Waals surface area contributed by atoms with E-state index in [4.69, 9.17) is 13.6 Å². The first kappa shape index (κ1) is 29.0. The van der Waals surface area contributed by atoms with Crippen molar-refractivity contribution in [3.63, 3.8) is 0 Å². The Morgan fingerprint density at radius 1 is 0.500 bits per heavy atom. The first-order valence-electron chi connectivity index (χ1n) is 14.4. The lowest BCUT2D eigenvalue weighted by molar-refractivity contribution is 0.394. The molecular weight excluding hydrogens is 481 g/mol. The van der Waals surface area contributed by atoms with Gasteiger partial charge in [0.1, 0.15) is 0 Å². The van der Waals surface area contributed by atoms with Crippen LogP contribution < -0.4 is 5.73 Å². The second-order valence-electron chi connectivity index (χ2n) is 10.2. The largest absolute Gasteiger partial charge is 0.398 e. The van der Waals surface area contributed by atoms with Crippen LogP contribution in [0.5, 0.6) is 0 Å². The Morgan fingerprint density at radius 3 is 1.23 bits per heavy atom. The summed E-state index contributed by atoms with van der Waals surface area (Å²) in [6.45, 7) is 6.55. The molecule has 0 unspecified atom stereocenters. The van der Waals surface area contributed by atoms with E-state index < -0.39 is 10.7 Å². The van der Waals surface area contributed by atoms with Crippen LogP contribution in [0.4, 0.5) is 5.69 Å². The van der Waals surface area contributed by atoms with Gasteiger partial charge < -0.3 is 5.73 Å². The minimum absolute atomic E-state index is 0.432. The van der Waals surface area contributed by atoms with Crippen LogP contribution >= 0.6 is 0 Å². The molecule has 0 saturated carbocycles. The van der Waals surface area contributed by atoms with Crippen LogP contribution in [0.25, 0.3) is 0 Å². The van der Waals surface area contributed by atoms with E-state index in [0.29, 0.717) is 0 Å². The van der Waals surface area contributed by atoms with Crippen LogP contribution in [0.3, 0.4) is 0 Å². The molecule has 0 aliphatic heterocycles. The molecule has 0 saturated heterocycles. The Morgan fingerprint density at radius 2 is 0.900 bits per heavy atom. The first-order chi connectivity index (χ1) is 19.5. The molecule has 5 aromatic rings. The molecule has 0 aromatic heterocycles. The van der Waals surface area contributed by atoms with Gasteiger partial charge in [0.05, 0.1) is 7.85 Å². The van der Waals surface area contributed by atoms with Crippen molar-refractivity contribution in [1.29, 1.82) is 0 Å². The fourth-order valence-corrected chi connectivity index (χ4v) is 6.23. The van der Waals surface area contributed by atoms with Gasteiger partial charge in [0.15, 0.2) is 0 Å². The van der Waals surface area contributed by atoms with Crippen LogP contribution in [-0.4, -0.2) is 7.85 Å². The zero-order chi connectivity index (χ0) is 28.4. The lowest BCUT2D eigenvalue weighted by Gasteiger charge is -2.51. The number of hydrogen-bond acceptors (Lipinski definition) is 1. The highest BCUT2D eigenvalue weighted by Gasteiger charge is 2.50. The van der Waals surface area contributed by atoms with Crippen molar-refractivity contribution in [3.05, 3.63) is 173 Å². The van der Waals surface area contributed by atoms with Gasteiger partial charge in [0.25, 0.3) is 0 Å². The molecule has 0 fully saturated rings. The van der Waals surface area contributed by atoms with Crippen molar-refractivity contribution in [1.82, 2.24) is 0 Å². The van der Waals surface area contributed by atoms with Crippen molar-refractivity contribution in [2.24, 2.45) is 0 Å². The van der Waals surface area contributed by atoms with E-state index in [1.165, 1.54) is 22.3 Å². The molecule has 0 amide bonds. The third-order valence-electron chi connectivity index (χ3n) is 8.24. The van der Waals surface area contributed by atoms with Crippen molar-refractivity contribution in [3.8, 4) is 0 Å². The van der Waals surface area contributed by atoms with Crippen molar-refractivity contribution in [2.45, 2.75) is 50.8 Å². The number of hydrogen-bond donors (Lipinski definition) is 1. The summed E-state index contributed by atoms with van der Waals surface area (Å²) < 4.78 is 0. The minimum Gasteiger partial charge on any atom is -0.398 e. The van der Waals surface area contributed by atoms with E-state index in [9.17, 15) is 0 Å². The lowest BCUT2D eigenvalue weighted by atomic mass is 9.42. The van der Waals surface area contributed by atoms with Gasteiger partial charge in [-0.05, 0) is 64.0 Å². The number of aryl methyl sites for hydroxylation is 1. The highest BCUT2D eigenvalue weighted by molar-refractivity contribution is 6.20. The van der Waals surface area contributed by atoms with Crippen LogP contribution in [0.15, 0.2) is 140 Å². The standard InChI is InChI=1S/C28H25B.C10H15N/c1-2-27(23-15-7-3-8-16-23,24-17-9-4-10-18-24)28(29,25-19-11-5-12-20-25)26-21-13-6-14-22-26;1-3-8-6-5-7-10(11)9(8)4-2/h3-22H,2H2,1H3;5-7H,3-4,11H2,1-2H3. The van der Waals surface area contributed by atoms with Gasteiger partial charge in [-0.15, -0.1) is 0 Å². The van der Waals surface area contributed by atoms with Crippen LogP contribution in [-0.2, 0) is 23.6 Å². The smallest absolute Gasteiger partial charge is 0.0892 e. The second-order valence-corrected chi connectivity index (χ2v) is 10.2. The molecule has 2 heteroatoms. The Kier molecular flexibility index (Phi) is 9.67. The number of rotatable bonds is 8. The summed E-state index contributed by atoms with van der Waals surface area (Å²) in [6.07, 6.45) is 2.98. The molecule has 5 rings (SSSR count). The van der Waals surface area contributed by atoms with E-state index in [-0.39, 0.29) is 0 Å². The summed E-state index contributed by atoms with van der Waals surface area (Å²) >= 11 is 0. The number of anilines is 1. The molecule has 0 spiro atoms. The summed E-state index contributed by atoms with van der Waals surface area (Å²) in [6, 6.07) is 48.6. The van der Waals surface area contributed by atoms with Gasteiger partial charge in [0, 0.05) is 11.1 Å². The molecule has 0 aliphatic rings. The number of nitrogens with two attached hydrogens (primary N) is 1. The first-order valence-corrected chi connectivity index (χ1v) is 14.4. The monoisotopic (exact) mass is 521 g/mol.